The molecule has 7 heteroatoms. The van der Waals surface area contributed by atoms with Crippen molar-refractivity contribution in [2.75, 3.05) is 33.0 Å². The number of rotatable bonds is 13. The number of unbranched alkanes of at least 4 members (excludes halogenated alkanes) is 2. The van der Waals surface area contributed by atoms with E-state index in [1.165, 1.54) is 0 Å². The summed E-state index contributed by atoms with van der Waals surface area (Å²) in [4.78, 5) is 0. The van der Waals surface area contributed by atoms with Gasteiger partial charge in [-0.05, 0) is 61.1 Å². The molecule has 4 rings (SSSR count). The van der Waals surface area contributed by atoms with Gasteiger partial charge in [0.25, 0.3) is 0 Å². The average molecular weight is 533 g/mol. The van der Waals surface area contributed by atoms with Gasteiger partial charge in [0, 0.05) is 18.2 Å². The van der Waals surface area contributed by atoms with Gasteiger partial charge in [-0.2, -0.15) is 0 Å². The first-order chi connectivity index (χ1) is 18.0. The van der Waals surface area contributed by atoms with Gasteiger partial charge in [-0.1, -0.05) is 62.6 Å². The third-order valence-corrected chi connectivity index (χ3v) is 7.56. The van der Waals surface area contributed by atoms with Crippen LogP contribution in [0.3, 0.4) is 0 Å². The molecule has 0 aliphatic carbocycles. The fourth-order valence-corrected chi connectivity index (χ4v) is 5.27. The molecule has 2 aliphatic rings. The van der Waals surface area contributed by atoms with Crippen molar-refractivity contribution in [1.82, 2.24) is 0 Å². The molecule has 0 amide bonds. The molecule has 6 nitrogen and oxygen atoms in total. The molecule has 0 bridgehead atoms. The van der Waals surface area contributed by atoms with E-state index in [4.69, 9.17) is 35.3 Å². The predicted molar refractivity (Wildman–Crippen MR) is 145 cm³/mol. The van der Waals surface area contributed by atoms with E-state index in [9.17, 15) is 5.11 Å². The lowest BCUT2D eigenvalue weighted by atomic mass is 9.81. The lowest BCUT2D eigenvalue weighted by Crippen LogP contribution is -2.64. The van der Waals surface area contributed by atoms with Crippen LogP contribution in [0.5, 0.6) is 5.75 Å². The van der Waals surface area contributed by atoms with Crippen LogP contribution in [0.15, 0.2) is 42.5 Å². The summed E-state index contributed by atoms with van der Waals surface area (Å²) < 4.78 is 30.6. The largest absolute Gasteiger partial charge is 0.494 e. The Bertz CT molecular complexity index is 983. The van der Waals surface area contributed by atoms with E-state index in [2.05, 4.69) is 32.0 Å². The van der Waals surface area contributed by atoms with E-state index >= 15 is 0 Å². The third-order valence-electron chi connectivity index (χ3n) is 7.19. The summed E-state index contributed by atoms with van der Waals surface area (Å²) in [6.45, 7) is 8.51. The number of fused-ring (bicyclic) bond motifs is 1. The first kappa shape index (κ1) is 28.3. The SMILES string of the molecule is CCCCO[C@@H]1[C@@H](OCCCC)[C@]2(O)COC[C@H]2O[C@H]1c1ccc(Cl)c(Cc2ccc(OCC)cc2)c1. The molecule has 204 valence electrons. The summed E-state index contributed by atoms with van der Waals surface area (Å²) in [6, 6.07) is 14.1. The smallest absolute Gasteiger partial charge is 0.145 e. The van der Waals surface area contributed by atoms with Crippen molar-refractivity contribution >= 4 is 11.6 Å². The van der Waals surface area contributed by atoms with Gasteiger partial charge in [-0.15, -0.1) is 0 Å². The van der Waals surface area contributed by atoms with Gasteiger partial charge in [0.05, 0.1) is 19.8 Å². The molecule has 2 heterocycles. The molecule has 0 unspecified atom stereocenters. The Morgan fingerprint density at radius 1 is 1.00 bits per heavy atom. The van der Waals surface area contributed by atoms with Gasteiger partial charge in [-0.25, -0.2) is 0 Å². The van der Waals surface area contributed by atoms with Gasteiger partial charge in [0.2, 0.25) is 0 Å². The fourth-order valence-electron chi connectivity index (χ4n) is 5.08. The van der Waals surface area contributed by atoms with E-state index in [0.717, 1.165) is 48.1 Å². The number of hydrogen-bond acceptors (Lipinski definition) is 6. The molecule has 1 N–H and O–H groups in total. The normalized spacial score (nSPS) is 27.3. The Balaban J connectivity index is 1.62. The molecule has 5 atom stereocenters. The first-order valence-electron chi connectivity index (χ1n) is 13.7. The zero-order valence-corrected chi connectivity index (χ0v) is 23.0. The van der Waals surface area contributed by atoms with Crippen molar-refractivity contribution in [3.8, 4) is 5.75 Å². The number of halogens is 1. The van der Waals surface area contributed by atoms with Crippen LogP contribution in [0.1, 0.15) is 69.2 Å². The highest BCUT2D eigenvalue weighted by Gasteiger charge is 2.60. The Hall–Kier alpha value is -1.67. The van der Waals surface area contributed by atoms with Crippen molar-refractivity contribution in [2.45, 2.75) is 82.9 Å². The van der Waals surface area contributed by atoms with Crippen LogP contribution in [0.4, 0.5) is 0 Å². The van der Waals surface area contributed by atoms with Gasteiger partial charge in [0.15, 0.2) is 0 Å². The summed E-state index contributed by atoms with van der Waals surface area (Å²) in [7, 11) is 0. The molecule has 2 aromatic rings. The number of benzene rings is 2. The highest BCUT2D eigenvalue weighted by molar-refractivity contribution is 6.31. The average Bonchev–Trinajstić information content (AvgIpc) is 3.28. The quantitative estimate of drug-likeness (QED) is 0.324. The second-order valence-electron chi connectivity index (χ2n) is 9.99. The van der Waals surface area contributed by atoms with Crippen LogP contribution in [-0.2, 0) is 25.4 Å². The van der Waals surface area contributed by atoms with Crippen LogP contribution in [0.2, 0.25) is 5.02 Å². The highest BCUT2D eigenvalue weighted by atomic mass is 35.5. The Labute approximate surface area is 226 Å². The molecule has 0 radical (unpaired) electrons. The minimum atomic E-state index is -1.24. The molecular formula is C30H41ClO6. The van der Waals surface area contributed by atoms with Gasteiger partial charge >= 0.3 is 0 Å². The lowest BCUT2D eigenvalue weighted by Gasteiger charge is -2.48. The molecule has 2 aliphatic heterocycles. The number of aliphatic hydroxyl groups is 1. The van der Waals surface area contributed by atoms with Crippen LogP contribution in [0, 0.1) is 0 Å². The van der Waals surface area contributed by atoms with E-state index in [0.29, 0.717) is 37.9 Å². The fraction of sp³-hybridized carbons (Fsp3) is 0.600. The maximum Gasteiger partial charge on any atom is 0.145 e. The third kappa shape index (κ3) is 6.67. The summed E-state index contributed by atoms with van der Waals surface area (Å²) in [5.74, 6) is 0.856. The van der Waals surface area contributed by atoms with Crippen molar-refractivity contribution < 1.29 is 28.8 Å². The minimum absolute atomic E-state index is 0.179. The summed E-state index contributed by atoms with van der Waals surface area (Å²) >= 11 is 6.65. The summed E-state index contributed by atoms with van der Waals surface area (Å²) in [5.41, 5.74) is 1.87. The molecule has 0 saturated carbocycles. The summed E-state index contributed by atoms with van der Waals surface area (Å²) in [5, 5.41) is 12.3. The maximum atomic E-state index is 11.6. The standard InChI is InChI=1S/C30H41ClO6/c1-4-7-15-35-28-27(37-26-19-33-20-30(26,32)29(28)36-16-8-5-2)22-11-14-25(31)23(18-22)17-21-9-12-24(13-10-21)34-6-3/h9-14,18,26-29,32H,4-8,15-17,19-20H2,1-3H3/t26-,27+,28+,29-,30+/m1/s1. The van der Waals surface area contributed by atoms with E-state index in [1.54, 1.807) is 0 Å². The molecule has 2 fully saturated rings. The topological polar surface area (TPSA) is 66.4 Å². The van der Waals surface area contributed by atoms with Crippen LogP contribution in [-0.4, -0.2) is 62.1 Å². The number of hydrogen-bond donors (Lipinski definition) is 1. The zero-order valence-electron chi connectivity index (χ0n) is 22.3. The molecule has 0 aromatic heterocycles. The van der Waals surface area contributed by atoms with Gasteiger partial charge < -0.3 is 28.8 Å². The minimum Gasteiger partial charge on any atom is -0.494 e. The second kappa shape index (κ2) is 13.4. The summed E-state index contributed by atoms with van der Waals surface area (Å²) in [6.07, 6.45) is 2.64. The second-order valence-corrected chi connectivity index (χ2v) is 10.4. The van der Waals surface area contributed by atoms with Gasteiger partial charge in [-0.3, -0.25) is 0 Å². The number of ether oxygens (including phenoxy) is 5. The molecule has 37 heavy (non-hydrogen) atoms. The van der Waals surface area contributed by atoms with E-state index < -0.39 is 30.0 Å². The Morgan fingerprint density at radius 3 is 2.43 bits per heavy atom. The molecule has 0 spiro atoms. The van der Waals surface area contributed by atoms with Crippen LogP contribution in [0.25, 0.3) is 0 Å². The van der Waals surface area contributed by atoms with Crippen molar-refractivity contribution in [1.29, 1.82) is 0 Å². The highest BCUT2D eigenvalue weighted by Crippen LogP contribution is 2.44. The van der Waals surface area contributed by atoms with Crippen molar-refractivity contribution in [3.05, 3.63) is 64.2 Å². The lowest BCUT2D eigenvalue weighted by molar-refractivity contribution is -0.277. The first-order valence-corrected chi connectivity index (χ1v) is 14.1. The maximum absolute atomic E-state index is 11.6. The van der Waals surface area contributed by atoms with Crippen LogP contribution < -0.4 is 4.74 Å². The Kier molecular flexibility index (Phi) is 10.3. The van der Waals surface area contributed by atoms with Crippen molar-refractivity contribution in [2.24, 2.45) is 0 Å². The molecular weight excluding hydrogens is 492 g/mol. The van der Waals surface area contributed by atoms with Crippen molar-refractivity contribution in [3.63, 3.8) is 0 Å². The zero-order chi connectivity index (χ0) is 26.3. The monoisotopic (exact) mass is 532 g/mol. The molecule has 2 aromatic carbocycles. The van der Waals surface area contributed by atoms with Crippen LogP contribution >= 0.6 is 11.6 Å². The molecule has 2 saturated heterocycles. The van der Waals surface area contributed by atoms with E-state index in [-0.39, 0.29) is 6.61 Å². The van der Waals surface area contributed by atoms with Gasteiger partial charge in [0.1, 0.15) is 35.8 Å². The predicted octanol–water partition coefficient (Wildman–Crippen LogP) is 5.90. The Morgan fingerprint density at radius 2 is 1.73 bits per heavy atom. The van der Waals surface area contributed by atoms with E-state index in [1.807, 2.05) is 31.2 Å².